The molecule has 1 aliphatic rings. The molecule has 0 bridgehead atoms. The maximum absolute atomic E-state index is 12.7. The van der Waals surface area contributed by atoms with Crippen molar-refractivity contribution in [2.24, 2.45) is 0 Å². The smallest absolute Gasteiger partial charge is 0.326 e. The standard InChI is InChI=1S/C18H22N4O6/c1-3-9-19-16(26)20-13(23)11-28-14(24)10-22-15(25)18(2,21-17(22)27)12-7-5-4-6-8-12/h4-8H,3,9-11H2,1-2H3,(H,21,27)(H2,19,20,23,26)/t18-/m0/s1. The largest absolute Gasteiger partial charge is 0.454 e. The van der Waals surface area contributed by atoms with E-state index in [2.05, 4.69) is 10.6 Å². The first-order valence-corrected chi connectivity index (χ1v) is 8.71. The Morgan fingerprint density at radius 1 is 1.18 bits per heavy atom. The number of carbonyl (C=O) groups excluding carboxylic acids is 5. The highest BCUT2D eigenvalue weighted by Gasteiger charge is 2.49. The molecule has 150 valence electrons. The lowest BCUT2D eigenvalue weighted by molar-refractivity contribution is -0.150. The first-order chi connectivity index (χ1) is 13.3. The number of nitrogens with zero attached hydrogens (tertiary/aromatic N) is 1. The molecule has 1 aromatic rings. The number of urea groups is 2. The second kappa shape index (κ2) is 8.98. The van der Waals surface area contributed by atoms with Crippen molar-refractivity contribution in [1.82, 2.24) is 20.9 Å². The Kier molecular flexibility index (Phi) is 6.69. The van der Waals surface area contributed by atoms with Crippen molar-refractivity contribution in [2.75, 3.05) is 19.7 Å². The van der Waals surface area contributed by atoms with Crippen LogP contribution >= 0.6 is 0 Å². The van der Waals surface area contributed by atoms with Crippen molar-refractivity contribution < 1.29 is 28.7 Å². The van der Waals surface area contributed by atoms with E-state index in [1.54, 1.807) is 30.3 Å². The highest BCUT2D eigenvalue weighted by Crippen LogP contribution is 2.28. The molecule has 10 heteroatoms. The van der Waals surface area contributed by atoms with Crippen LogP contribution in [0.1, 0.15) is 25.8 Å². The van der Waals surface area contributed by atoms with Crippen LogP contribution in [-0.2, 0) is 24.7 Å². The zero-order chi connectivity index (χ0) is 20.7. The minimum atomic E-state index is -1.30. The van der Waals surface area contributed by atoms with E-state index < -0.39 is 48.5 Å². The number of imide groups is 2. The van der Waals surface area contributed by atoms with E-state index in [9.17, 15) is 24.0 Å². The first kappa shape index (κ1) is 20.9. The highest BCUT2D eigenvalue weighted by molar-refractivity contribution is 6.09. The number of ether oxygens (including phenoxy) is 1. The van der Waals surface area contributed by atoms with Crippen molar-refractivity contribution in [2.45, 2.75) is 25.8 Å². The zero-order valence-corrected chi connectivity index (χ0v) is 15.6. The van der Waals surface area contributed by atoms with Gasteiger partial charge in [0.15, 0.2) is 6.61 Å². The highest BCUT2D eigenvalue weighted by atomic mass is 16.5. The van der Waals surface area contributed by atoms with Crippen molar-refractivity contribution >= 4 is 29.8 Å². The molecular weight excluding hydrogens is 368 g/mol. The van der Waals surface area contributed by atoms with Crippen LogP contribution < -0.4 is 16.0 Å². The molecular formula is C18H22N4O6. The molecule has 1 heterocycles. The van der Waals surface area contributed by atoms with Crippen molar-refractivity contribution in [3.63, 3.8) is 0 Å². The molecule has 1 atom stereocenters. The van der Waals surface area contributed by atoms with Gasteiger partial charge in [-0.1, -0.05) is 37.3 Å². The lowest BCUT2D eigenvalue weighted by atomic mass is 9.92. The van der Waals surface area contributed by atoms with E-state index in [-0.39, 0.29) is 0 Å². The van der Waals surface area contributed by atoms with Gasteiger partial charge >= 0.3 is 18.0 Å². The Morgan fingerprint density at radius 3 is 2.50 bits per heavy atom. The summed E-state index contributed by atoms with van der Waals surface area (Å²) in [5.41, 5.74) is -0.727. The van der Waals surface area contributed by atoms with Crippen LogP contribution in [0.2, 0.25) is 0 Å². The van der Waals surface area contributed by atoms with Gasteiger partial charge in [0, 0.05) is 6.54 Å². The van der Waals surface area contributed by atoms with Crippen molar-refractivity contribution in [1.29, 1.82) is 0 Å². The van der Waals surface area contributed by atoms with Crippen molar-refractivity contribution in [3.05, 3.63) is 35.9 Å². The number of carbonyl (C=O) groups is 5. The maximum Gasteiger partial charge on any atom is 0.326 e. The van der Waals surface area contributed by atoms with Gasteiger partial charge in [-0.15, -0.1) is 0 Å². The summed E-state index contributed by atoms with van der Waals surface area (Å²) in [7, 11) is 0. The van der Waals surface area contributed by atoms with Gasteiger partial charge < -0.3 is 15.4 Å². The Bertz CT molecular complexity index is 782. The molecule has 2 rings (SSSR count). The molecule has 0 unspecified atom stereocenters. The molecule has 0 aliphatic carbocycles. The average Bonchev–Trinajstić information content (AvgIpc) is 2.89. The van der Waals surface area contributed by atoms with Crippen LogP contribution in [0.15, 0.2) is 30.3 Å². The summed E-state index contributed by atoms with van der Waals surface area (Å²) in [5, 5.41) is 6.98. The number of esters is 1. The van der Waals surface area contributed by atoms with E-state index >= 15 is 0 Å². The average molecular weight is 390 g/mol. The zero-order valence-electron chi connectivity index (χ0n) is 15.6. The van der Waals surface area contributed by atoms with Crippen LogP contribution in [0.4, 0.5) is 9.59 Å². The van der Waals surface area contributed by atoms with E-state index in [0.717, 1.165) is 4.90 Å². The molecule has 1 aliphatic heterocycles. The number of benzene rings is 1. The van der Waals surface area contributed by atoms with Gasteiger partial charge in [-0.25, -0.2) is 9.59 Å². The van der Waals surface area contributed by atoms with Gasteiger partial charge in [-0.3, -0.25) is 24.6 Å². The van der Waals surface area contributed by atoms with E-state index in [1.807, 2.05) is 12.2 Å². The first-order valence-electron chi connectivity index (χ1n) is 8.71. The van der Waals surface area contributed by atoms with Gasteiger partial charge in [-0.05, 0) is 18.9 Å². The lowest BCUT2D eigenvalue weighted by Gasteiger charge is -2.21. The van der Waals surface area contributed by atoms with E-state index in [0.29, 0.717) is 18.5 Å². The Hall–Kier alpha value is -3.43. The number of nitrogens with one attached hydrogen (secondary N) is 3. The number of rotatable bonds is 7. The van der Waals surface area contributed by atoms with Crippen molar-refractivity contribution in [3.8, 4) is 0 Å². The summed E-state index contributed by atoms with van der Waals surface area (Å²) in [5.74, 6) is -2.39. The van der Waals surface area contributed by atoms with Gasteiger partial charge in [-0.2, -0.15) is 0 Å². The SMILES string of the molecule is CCCNC(=O)NC(=O)COC(=O)CN1C(=O)N[C@@](C)(c2ccccc2)C1=O. The predicted octanol–water partition coefficient (Wildman–Crippen LogP) is 0.233. The predicted molar refractivity (Wildman–Crippen MR) is 96.8 cm³/mol. The van der Waals surface area contributed by atoms with Crippen LogP contribution in [0.5, 0.6) is 0 Å². The summed E-state index contributed by atoms with van der Waals surface area (Å²) in [4.78, 5) is 60.4. The minimum absolute atomic E-state index is 0.394. The number of amides is 6. The Labute approximate surface area is 161 Å². The Balaban J connectivity index is 1.88. The topological polar surface area (TPSA) is 134 Å². The van der Waals surface area contributed by atoms with Crippen LogP contribution in [0.3, 0.4) is 0 Å². The van der Waals surface area contributed by atoms with Gasteiger partial charge in [0.2, 0.25) is 0 Å². The quantitative estimate of drug-likeness (QED) is 0.451. The van der Waals surface area contributed by atoms with Gasteiger partial charge in [0.1, 0.15) is 12.1 Å². The van der Waals surface area contributed by atoms with Crippen LogP contribution in [0.25, 0.3) is 0 Å². The fourth-order valence-electron chi connectivity index (χ4n) is 2.57. The van der Waals surface area contributed by atoms with Crippen LogP contribution in [0, 0.1) is 0 Å². The van der Waals surface area contributed by atoms with Crippen LogP contribution in [-0.4, -0.2) is 54.4 Å². The number of hydrogen-bond acceptors (Lipinski definition) is 6. The summed E-state index contributed by atoms with van der Waals surface area (Å²) in [6.45, 7) is 2.42. The fraction of sp³-hybridized carbons (Fsp3) is 0.389. The molecule has 0 aromatic heterocycles. The molecule has 1 aromatic carbocycles. The normalized spacial score (nSPS) is 18.4. The minimum Gasteiger partial charge on any atom is -0.454 e. The second-order valence-electron chi connectivity index (χ2n) is 6.28. The molecule has 0 spiro atoms. The van der Waals surface area contributed by atoms with Gasteiger partial charge in [0.25, 0.3) is 11.8 Å². The lowest BCUT2D eigenvalue weighted by Crippen LogP contribution is -2.43. The fourth-order valence-corrected chi connectivity index (χ4v) is 2.57. The summed E-state index contributed by atoms with van der Waals surface area (Å²) >= 11 is 0. The summed E-state index contributed by atoms with van der Waals surface area (Å²) in [6.07, 6.45) is 0.699. The third-order valence-electron chi connectivity index (χ3n) is 4.07. The molecule has 0 radical (unpaired) electrons. The summed E-state index contributed by atoms with van der Waals surface area (Å²) < 4.78 is 4.74. The van der Waals surface area contributed by atoms with E-state index in [4.69, 9.17) is 4.74 Å². The molecule has 1 fully saturated rings. The third kappa shape index (κ3) is 4.84. The monoisotopic (exact) mass is 390 g/mol. The Morgan fingerprint density at radius 2 is 1.86 bits per heavy atom. The molecule has 6 amide bonds. The third-order valence-corrected chi connectivity index (χ3v) is 4.07. The maximum atomic E-state index is 12.7. The van der Waals surface area contributed by atoms with E-state index in [1.165, 1.54) is 6.92 Å². The van der Waals surface area contributed by atoms with Gasteiger partial charge in [0.05, 0.1) is 0 Å². The second-order valence-corrected chi connectivity index (χ2v) is 6.28. The molecule has 10 nitrogen and oxygen atoms in total. The molecule has 1 saturated heterocycles. The molecule has 0 saturated carbocycles. The molecule has 3 N–H and O–H groups in total. The number of hydrogen-bond donors (Lipinski definition) is 3. The molecule has 28 heavy (non-hydrogen) atoms. The summed E-state index contributed by atoms with van der Waals surface area (Å²) in [6, 6.07) is 7.17.